The van der Waals surface area contributed by atoms with Gasteiger partial charge in [-0.1, -0.05) is 18.2 Å². The van der Waals surface area contributed by atoms with Gasteiger partial charge in [0.15, 0.2) is 0 Å². The van der Waals surface area contributed by atoms with Crippen molar-refractivity contribution in [2.24, 2.45) is 0 Å². The van der Waals surface area contributed by atoms with Gasteiger partial charge in [-0.3, -0.25) is 4.31 Å². The van der Waals surface area contributed by atoms with Crippen molar-refractivity contribution in [2.75, 3.05) is 17.1 Å². The maximum atomic E-state index is 11.6. The van der Waals surface area contributed by atoms with Crippen molar-refractivity contribution in [1.82, 2.24) is 0 Å². The molecule has 0 saturated heterocycles. The summed E-state index contributed by atoms with van der Waals surface area (Å²) in [6.07, 6.45) is 0.640. The maximum Gasteiger partial charge on any atom is 0.232 e. The molecule has 0 bridgehead atoms. The Morgan fingerprint density at radius 1 is 1.44 bits per heavy atom. The minimum absolute atomic E-state index is 0.133. The average molecular weight is 241 g/mol. The Balaban J connectivity index is 2.52. The predicted molar refractivity (Wildman–Crippen MR) is 63.1 cm³/mol. The molecular formula is C11H15NO3S. The molecule has 0 radical (unpaired) electrons. The largest absolute Gasteiger partial charge is 0.393 e. The molecule has 1 aliphatic heterocycles. The Morgan fingerprint density at radius 2 is 2.06 bits per heavy atom. The fourth-order valence-electron chi connectivity index (χ4n) is 2.13. The van der Waals surface area contributed by atoms with Crippen LogP contribution in [0.25, 0.3) is 0 Å². The lowest BCUT2D eigenvalue weighted by Gasteiger charge is -2.17. The van der Waals surface area contributed by atoms with Crippen LogP contribution in [0.3, 0.4) is 0 Å². The van der Waals surface area contributed by atoms with E-state index in [0.717, 1.165) is 5.56 Å². The highest BCUT2D eigenvalue weighted by Crippen LogP contribution is 2.39. The van der Waals surface area contributed by atoms with Gasteiger partial charge >= 0.3 is 0 Å². The van der Waals surface area contributed by atoms with Crippen LogP contribution in [0.2, 0.25) is 0 Å². The van der Waals surface area contributed by atoms with E-state index in [1.165, 1.54) is 10.6 Å². The fourth-order valence-corrected chi connectivity index (χ4v) is 3.08. The first-order valence-electron chi connectivity index (χ1n) is 5.16. The van der Waals surface area contributed by atoms with Crippen LogP contribution in [0.5, 0.6) is 0 Å². The van der Waals surface area contributed by atoms with Gasteiger partial charge in [0.1, 0.15) is 0 Å². The zero-order chi connectivity index (χ0) is 11.9. The van der Waals surface area contributed by atoms with E-state index in [-0.39, 0.29) is 5.92 Å². The molecule has 0 saturated carbocycles. The lowest BCUT2D eigenvalue weighted by molar-refractivity contribution is 0.168. The molecule has 88 valence electrons. The molecule has 1 aliphatic rings. The molecule has 0 fully saturated rings. The van der Waals surface area contributed by atoms with Gasteiger partial charge in [0.2, 0.25) is 10.0 Å². The number of benzene rings is 1. The van der Waals surface area contributed by atoms with Crippen LogP contribution in [0.4, 0.5) is 5.69 Å². The molecular weight excluding hydrogens is 226 g/mol. The van der Waals surface area contributed by atoms with Crippen molar-refractivity contribution in [3.05, 3.63) is 29.8 Å². The minimum atomic E-state index is -3.26. The highest BCUT2D eigenvalue weighted by Gasteiger charge is 2.35. The molecule has 1 aromatic carbocycles. The number of hydrogen-bond donors (Lipinski definition) is 1. The third kappa shape index (κ3) is 1.81. The molecule has 0 aromatic heterocycles. The number of fused-ring (bicyclic) bond motifs is 1. The van der Waals surface area contributed by atoms with E-state index in [0.29, 0.717) is 12.2 Å². The normalized spacial score (nSPS) is 21.9. The average Bonchev–Trinajstić information content (AvgIpc) is 2.56. The number of sulfonamides is 1. The summed E-state index contributed by atoms with van der Waals surface area (Å²) >= 11 is 0. The summed E-state index contributed by atoms with van der Waals surface area (Å²) in [6, 6.07) is 7.32. The number of rotatable bonds is 2. The van der Waals surface area contributed by atoms with Crippen molar-refractivity contribution < 1.29 is 13.5 Å². The second-order valence-corrected chi connectivity index (χ2v) is 6.11. The van der Waals surface area contributed by atoms with Gasteiger partial charge in [-0.15, -0.1) is 0 Å². The molecule has 2 unspecified atom stereocenters. The Kier molecular flexibility index (Phi) is 2.67. The van der Waals surface area contributed by atoms with Gasteiger partial charge in [-0.05, 0) is 18.6 Å². The third-order valence-corrected chi connectivity index (χ3v) is 4.10. The van der Waals surface area contributed by atoms with E-state index < -0.39 is 16.1 Å². The van der Waals surface area contributed by atoms with Crippen LogP contribution >= 0.6 is 0 Å². The van der Waals surface area contributed by atoms with Gasteiger partial charge < -0.3 is 5.11 Å². The van der Waals surface area contributed by atoms with Crippen LogP contribution in [0.15, 0.2) is 24.3 Å². The summed E-state index contributed by atoms with van der Waals surface area (Å²) in [6.45, 7) is 2.02. The first kappa shape index (κ1) is 11.4. The second-order valence-electron chi connectivity index (χ2n) is 4.20. The number of nitrogens with zero attached hydrogens (tertiary/aromatic N) is 1. The van der Waals surface area contributed by atoms with Crippen LogP contribution < -0.4 is 4.31 Å². The molecule has 1 N–H and O–H groups in total. The fraction of sp³-hybridized carbons (Fsp3) is 0.455. The molecule has 1 aromatic rings. The molecule has 5 heteroatoms. The molecule has 0 amide bonds. The maximum absolute atomic E-state index is 11.6. The summed E-state index contributed by atoms with van der Waals surface area (Å²) < 4.78 is 24.6. The first-order valence-corrected chi connectivity index (χ1v) is 7.01. The standard InChI is InChI=1S/C11H15NO3S/c1-8(13)10-7-12(16(2,14)15)11-6-4-3-5-9(10)11/h3-6,8,10,13H,7H2,1-2H3. The smallest absolute Gasteiger partial charge is 0.232 e. The molecule has 2 atom stereocenters. The van der Waals surface area contributed by atoms with Crippen LogP contribution in [0, 0.1) is 0 Å². The van der Waals surface area contributed by atoms with Crippen LogP contribution in [-0.4, -0.2) is 32.4 Å². The lowest BCUT2D eigenvalue weighted by atomic mass is 9.97. The summed E-state index contributed by atoms with van der Waals surface area (Å²) in [4.78, 5) is 0. The van der Waals surface area contributed by atoms with E-state index in [1.54, 1.807) is 19.1 Å². The zero-order valence-corrected chi connectivity index (χ0v) is 10.1. The first-order chi connectivity index (χ1) is 7.41. The van der Waals surface area contributed by atoms with Crippen molar-refractivity contribution in [3.63, 3.8) is 0 Å². The second kappa shape index (κ2) is 3.75. The summed E-state index contributed by atoms with van der Waals surface area (Å²) in [5.41, 5.74) is 1.60. The van der Waals surface area contributed by atoms with Gasteiger partial charge in [-0.25, -0.2) is 8.42 Å². The van der Waals surface area contributed by atoms with Crippen LogP contribution in [-0.2, 0) is 10.0 Å². The Labute approximate surface area is 95.6 Å². The SMILES string of the molecule is CC(O)C1CN(S(C)(=O)=O)c2ccccc21. The number of aliphatic hydroxyl groups is 1. The van der Waals surface area contributed by atoms with Gasteiger partial charge in [0.05, 0.1) is 18.0 Å². The van der Waals surface area contributed by atoms with E-state index in [1.807, 2.05) is 12.1 Å². The number of para-hydroxylation sites is 1. The van der Waals surface area contributed by atoms with Crippen molar-refractivity contribution in [3.8, 4) is 0 Å². The van der Waals surface area contributed by atoms with E-state index in [2.05, 4.69) is 0 Å². The molecule has 0 spiro atoms. The summed E-state index contributed by atoms with van der Waals surface area (Å²) in [5, 5.41) is 9.66. The monoisotopic (exact) mass is 241 g/mol. The summed E-state index contributed by atoms with van der Waals surface area (Å²) in [7, 11) is -3.26. The quantitative estimate of drug-likeness (QED) is 0.838. The van der Waals surface area contributed by atoms with Gasteiger partial charge in [0.25, 0.3) is 0 Å². The van der Waals surface area contributed by atoms with Crippen LogP contribution in [0.1, 0.15) is 18.4 Å². The lowest BCUT2D eigenvalue weighted by Crippen LogP contribution is -2.30. The van der Waals surface area contributed by atoms with Crippen molar-refractivity contribution >= 4 is 15.7 Å². The Morgan fingerprint density at radius 3 is 2.62 bits per heavy atom. The highest BCUT2D eigenvalue weighted by atomic mass is 32.2. The molecule has 1 heterocycles. The third-order valence-electron chi connectivity index (χ3n) is 2.95. The Bertz CT molecular complexity index is 496. The van der Waals surface area contributed by atoms with E-state index in [9.17, 15) is 13.5 Å². The van der Waals surface area contributed by atoms with Crippen molar-refractivity contribution in [1.29, 1.82) is 0 Å². The molecule has 0 aliphatic carbocycles. The number of aliphatic hydroxyl groups excluding tert-OH is 1. The van der Waals surface area contributed by atoms with Crippen molar-refractivity contribution in [2.45, 2.75) is 18.9 Å². The predicted octanol–water partition coefficient (Wildman–Crippen LogP) is 0.931. The highest BCUT2D eigenvalue weighted by molar-refractivity contribution is 7.92. The van der Waals surface area contributed by atoms with E-state index in [4.69, 9.17) is 0 Å². The van der Waals surface area contributed by atoms with E-state index >= 15 is 0 Å². The molecule has 4 nitrogen and oxygen atoms in total. The number of anilines is 1. The Hall–Kier alpha value is -1.07. The topological polar surface area (TPSA) is 57.6 Å². The molecule has 16 heavy (non-hydrogen) atoms. The van der Waals surface area contributed by atoms with Gasteiger partial charge in [0, 0.05) is 12.5 Å². The van der Waals surface area contributed by atoms with Gasteiger partial charge in [-0.2, -0.15) is 0 Å². The molecule has 2 rings (SSSR count). The summed E-state index contributed by atoms with van der Waals surface area (Å²) in [5.74, 6) is -0.133. The zero-order valence-electron chi connectivity index (χ0n) is 9.29. The minimum Gasteiger partial charge on any atom is -0.393 e. The number of hydrogen-bond acceptors (Lipinski definition) is 3.